The van der Waals surface area contributed by atoms with Crippen molar-refractivity contribution in [1.82, 2.24) is 9.36 Å². The number of nitrogens with one attached hydrogen (secondary N) is 2. The molecule has 32 heavy (non-hydrogen) atoms. The van der Waals surface area contributed by atoms with Gasteiger partial charge in [0.15, 0.2) is 0 Å². The Hall–Kier alpha value is -4.07. The number of amides is 1. The Bertz CT molecular complexity index is 1210. The molecule has 0 spiro atoms. The molecule has 166 valence electrons. The fourth-order valence-electron chi connectivity index (χ4n) is 3.14. The number of nitrogens with zero attached hydrogens (tertiary/aromatic N) is 2. The third-order valence-corrected chi connectivity index (χ3v) is 4.96. The van der Waals surface area contributed by atoms with E-state index in [4.69, 9.17) is 4.74 Å². The van der Waals surface area contributed by atoms with Gasteiger partial charge in [0.2, 0.25) is 0 Å². The zero-order valence-electron chi connectivity index (χ0n) is 18.5. The third kappa shape index (κ3) is 4.80. The molecular formula is C24H26N4O4. The van der Waals surface area contributed by atoms with Crippen LogP contribution in [0.25, 0.3) is 5.69 Å². The Balaban J connectivity index is 1.93. The lowest BCUT2D eigenvalue weighted by atomic mass is 10.2. The lowest BCUT2D eigenvalue weighted by Gasteiger charge is -2.09. The summed E-state index contributed by atoms with van der Waals surface area (Å²) in [5.74, 6) is -1.43. The number of carbonyl (C=O) groups is 2. The van der Waals surface area contributed by atoms with Crippen molar-refractivity contribution < 1.29 is 14.3 Å². The average Bonchev–Trinajstić information content (AvgIpc) is 2.99. The number of rotatable bonds is 7. The van der Waals surface area contributed by atoms with E-state index in [-0.39, 0.29) is 23.4 Å². The SMILES string of the molecule is CCOC(=O)/C(=C/Nc1c(C)n(C)n(-c2ccccc2)c1=O)C(=O)Nc1ccc(C)cc1. The molecule has 0 unspecified atom stereocenters. The van der Waals surface area contributed by atoms with Crippen molar-refractivity contribution in [3.05, 3.63) is 88.0 Å². The van der Waals surface area contributed by atoms with Gasteiger partial charge in [-0.25, -0.2) is 9.48 Å². The van der Waals surface area contributed by atoms with Gasteiger partial charge in [-0.15, -0.1) is 0 Å². The van der Waals surface area contributed by atoms with Gasteiger partial charge in [0.25, 0.3) is 11.5 Å². The van der Waals surface area contributed by atoms with E-state index in [0.29, 0.717) is 17.1 Å². The Kier molecular flexibility index (Phi) is 6.94. The van der Waals surface area contributed by atoms with Crippen LogP contribution in [0.1, 0.15) is 18.2 Å². The van der Waals surface area contributed by atoms with E-state index >= 15 is 0 Å². The molecule has 3 rings (SSSR count). The smallest absolute Gasteiger partial charge is 0.345 e. The Labute approximate surface area is 186 Å². The van der Waals surface area contributed by atoms with Crippen LogP contribution in [-0.2, 0) is 21.4 Å². The van der Waals surface area contributed by atoms with Crippen LogP contribution in [0, 0.1) is 13.8 Å². The molecule has 2 N–H and O–H groups in total. The van der Waals surface area contributed by atoms with E-state index in [1.807, 2.05) is 49.4 Å². The largest absolute Gasteiger partial charge is 0.462 e. The Morgan fingerprint density at radius 2 is 1.69 bits per heavy atom. The van der Waals surface area contributed by atoms with Gasteiger partial charge in [-0.3, -0.25) is 14.3 Å². The van der Waals surface area contributed by atoms with E-state index in [1.165, 1.54) is 10.9 Å². The first-order valence-electron chi connectivity index (χ1n) is 10.2. The highest BCUT2D eigenvalue weighted by atomic mass is 16.5. The molecule has 1 heterocycles. The number of benzene rings is 2. The number of hydrogen-bond acceptors (Lipinski definition) is 5. The van der Waals surface area contributed by atoms with Gasteiger partial charge < -0.3 is 15.4 Å². The number of esters is 1. The van der Waals surface area contributed by atoms with Crippen LogP contribution in [0.15, 0.2) is 71.2 Å². The summed E-state index contributed by atoms with van der Waals surface area (Å²) in [5, 5.41) is 5.53. The van der Waals surface area contributed by atoms with Gasteiger partial charge in [0, 0.05) is 18.9 Å². The molecule has 0 radical (unpaired) electrons. The average molecular weight is 434 g/mol. The van der Waals surface area contributed by atoms with Crippen molar-refractivity contribution in [2.75, 3.05) is 17.2 Å². The summed E-state index contributed by atoms with van der Waals surface area (Å²) in [4.78, 5) is 38.3. The molecule has 0 aliphatic carbocycles. The van der Waals surface area contributed by atoms with E-state index in [9.17, 15) is 14.4 Å². The molecule has 2 aromatic carbocycles. The second kappa shape index (κ2) is 9.82. The highest BCUT2D eigenvalue weighted by Crippen LogP contribution is 2.16. The molecule has 1 aromatic heterocycles. The van der Waals surface area contributed by atoms with Crippen molar-refractivity contribution in [3.63, 3.8) is 0 Å². The normalized spacial score (nSPS) is 11.2. The molecular weight excluding hydrogens is 408 g/mol. The van der Waals surface area contributed by atoms with Crippen LogP contribution >= 0.6 is 0 Å². The Morgan fingerprint density at radius 1 is 1.03 bits per heavy atom. The third-order valence-electron chi connectivity index (χ3n) is 4.96. The van der Waals surface area contributed by atoms with Crippen LogP contribution in [0.5, 0.6) is 0 Å². The van der Waals surface area contributed by atoms with Crippen LogP contribution in [0.4, 0.5) is 11.4 Å². The van der Waals surface area contributed by atoms with Crippen LogP contribution in [0.2, 0.25) is 0 Å². The second-order valence-corrected chi connectivity index (χ2v) is 7.18. The zero-order chi connectivity index (χ0) is 23.3. The summed E-state index contributed by atoms with van der Waals surface area (Å²) in [6.45, 7) is 5.47. The summed E-state index contributed by atoms with van der Waals surface area (Å²) in [6, 6.07) is 16.4. The number of carbonyl (C=O) groups excluding carboxylic acids is 2. The summed E-state index contributed by atoms with van der Waals surface area (Å²) in [5.41, 5.74) is 2.61. The minimum absolute atomic E-state index is 0.110. The first kappa shape index (κ1) is 22.6. The van der Waals surface area contributed by atoms with Crippen molar-refractivity contribution in [2.24, 2.45) is 7.05 Å². The first-order chi connectivity index (χ1) is 15.3. The molecule has 3 aromatic rings. The summed E-state index contributed by atoms with van der Waals surface area (Å²) in [7, 11) is 1.76. The summed E-state index contributed by atoms with van der Waals surface area (Å²) < 4.78 is 8.23. The van der Waals surface area contributed by atoms with Gasteiger partial charge in [-0.1, -0.05) is 35.9 Å². The lowest BCUT2D eigenvalue weighted by molar-refractivity contribution is -0.139. The number of ether oxygens (including phenoxy) is 1. The topological polar surface area (TPSA) is 94.4 Å². The summed E-state index contributed by atoms with van der Waals surface area (Å²) in [6.07, 6.45) is 1.21. The number of aromatic nitrogens is 2. The number of anilines is 2. The predicted octanol–water partition coefficient (Wildman–Crippen LogP) is 3.29. The molecule has 0 aliphatic rings. The van der Waals surface area contributed by atoms with Gasteiger partial charge >= 0.3 is 5.97 Å². The van der Waals surface area contributed by atoms with Crippen molar-refractivity contribution >= 4 is 23.3 Å². The van der Waals surface area contributed by atoms with Gasteiger partial charge in [0.05, 0.1) is 18.0 Å². The van der Waals surface area contributed by atoms with Gasteiger partial charge in [0.1, 0.15) is 11.3 Å². The maximum Gasteiger partial charge on any atom is 0.345 e. The fraction of sp³-hybridized carbons (Fsp3) is 0.208. The van der Waals surface area contributed by atoms with Crippen molar-refractivity contribution in [2.45, 2.75) is 20.8 Å². The molecule has 8 nitrogen and oxygen atoms in total. The highest BCUT2D eigenvalue weighted by molar-refractivity contribution is 6.21. The minimum atomic E-state index is -0.790. The molecule has 0 bridgehead atoms. The maximum atomic E-state index is 13.0. The minimum Gasteiger partial charge on any atom is -0.462 e. The zero-order valence-corrected chi connectivity index (χ0v) is 18.5. The quantitative estimate of drug-likeness (QED) is 0.258. The van der Waals surface area contributed by atoms with Gasteiger partial charge in [-0.2, -0.15) is 0 Å². The Morgan fingerprint density at radius 3 is 2.31 bits per heavy atom. The van der Waals surface area contributed by atoms with E-state index in [0.717, 1.165) is 5.56 Å². The van der Waals surface area contributed by atoms with Crippen LogP contribution in [0.3, 0.4) is 0 Å². The van der Waals surface area contributed by atoms with E-state index in [2.05, 4.69) is 10.6 Å². The molecule has 1 amide bonds. The fourth-order valence-corrected chi connectivity index (χ4v) is 3.14. The maximum absolute atomic E-state index is 13.0. The van der Waals surface area contributed by atoms with Crippen LogP contribution in [-0.4, -0.2) is 27.8 Å². The van der Waals surface area contributed by atoms with Crippen molar-refractivity contribution in [1.29, 1.82) is 0 Å². The lowest BCUT2D eigenvalue weighted by Crippen LogP contribution is -2.24. The standard InChI is InChI=1S/C24H26N4O4/c1-5-32-24(31)20(22(29)26-18-13-11-16(2)12-14-18)15-25-21-17(3)27(4)28(23(21)30)19-9-7-6-8-10-19/h6-15,25H,5H2,1-4H3,(H,26,29)/b20-15+. The first-order valence-corrected chi connectivity index (χ1v) is 10.2. The molecule has 0 saturated heterocycles. The van der Waals surface area contributed by atoms with Gasteiger partial charge in [-0.05, 0) is 45.0 Å². The van der Waals surface area contributed by atoms with Crippen molar-refractivity contribution in [3.8, 4) is 5.69 Å². The predicted molar refractivity (Wildman–Crippen MR) is 124 cm³/mol. The number of hydrogen-bond donors (Lipinski definition) is 2. The molecule has 0 atom stereocenters. The molecule has 8 heteroatoms. The molecule has 0 fully saturated rings. The van der Waals surface area contributed by atoms with E-state index < -0.39 is 11.9 Å². The van der Waals surface area contributed by atoms with Crippen LogP contribution < -0.4 is 16.2 Å². The highest BCUT2D eigenvalue weighted by Gasteiger charge is 2.21. The number of para-hydroxylation sites is 1. The second-order valence-electron chi connectivity index (χ2n) is 7.18. The molecule has 0 aliphatic heterocycles. The number of aryl methyl sites for hydroxylation is 1. The summed E-state index contributed by atoms with van der Waals surface area (Å²) >= 11 is 0. The molecule has 0 saturated carbocycles. The monoisotopic (exact) mass is 434 g/mol. The van der Waals surface area contributed by atoms with E-state index in [1.54, 1.807) is 37.7 Å².